The quantitative estimate of drug-likeness (QED) is 0.804. The number of hydrogen-bond acceptors (Lipinski definition) is 2. The Kier molecular flexibility index (Phi) is 4.57. The first-order chi connectivity index (χ1) is 11.9. The average molecular weight is 335 g/mol. The van der Waals surface area contributed by atoms with Crippen LogP contribution in [-0.4, -0.2) is 11.9 Å². The first-order valence-electron chi connectivity index (χ1n) is 8.14. The van der Waals surface area contributed by atoms with Gasteiger partial charge in [0.1, 0.15) is 5.92 Å². The molecule has 0 aliphatic carbocycles. The predicted molar refractivity (Wildman–Crippen MR) is 98.0 cm³/mol. The van der Waals surface area contributed by atoms with Gasteiger partial charge in [-0.1, -0.05) is 54.1 Å². The van der Waals surface area contributed by atoms with Crippen molar-refractivity contribution in [3.8, 4) is 0 Å². The van der Waals surface area contributed by atoms with Crippen LogP contribution in [0.25, 0.3) is 0 Å². The van der Waals surface area contributed by atoms with Gasteiger partial charge in [0.05, 0.1) is 6.04 Å². The molecule has 25 heavy (non-hydrogen) atoms. The molecule has 1 fully saturated rings. The fourth-order valence-electron chi connectivity index (χ4n) is 2.90. The van der Waals surface area contributed by atoms with Crippen molar-refractivity contribution in [1.29, 1.82) is 0 Å². The molecule has 3 amide bonds. The van der Waals surface area contributed by atoms with Crippen LogP contribution in [0, 0.1) is 19.8 Å². The van der Waals surface area contributed by atoms with Gasteiger partial charge in [0.25, 0.3) is 0 Å². The van der Waals surface area contributed by atoms with E-state index in [2.05, 4.69) is 22.5 Å². The van der Waals surface area contributed by atoms with E-state index < -0.39 is 12.0 Å². The lowest BCUT2D eigenvalue weighted by atomic mass is 9.88. The second-order valence-corrected chi connectivity index (χ2v) is 6.35. The van der Waals surface area contributed by atoms with Crippen molar-refractivity contribution in [2.75, 3.05) is 5.32 Å². The summed E-state index contributed by atoms with van der Waals surface area (Å²) in [6.45, 7) is 7.86. The summed E-state index contributed by atoms with van der Waals surface area (Å²) in [5.41, 5.74) is 4.20. The predicted octanol–water partition coefficient (Wildman–Crippen LogP) is 3.43. The summed E-state index contributed by atoms with van der Waals surface area (Å²) in [6.07, 6.45) is 0. The largest absolute Gasteiger partial charge is 0.330 e. The zero-order valence-electron chi connectivity index (χ0n) is 14.3. The molecular formula is C20H21N3O2. The molecule has 3 rings (SSSR count). The van der Waals surface area contributed by atoms with Crippen LogP contribution >= 0.6 is 0 Å². The number of urea groups is 1. The van der Waals surface area contributed by atoms with Crippen molar-refractivity contribution in [3.05, 3.63) is 77.5 Å². The van der Waals surface area contributed by atoms with Crippen molar-refractivity contribution in [2.24, 2.45) is 5.92 Å². The maximum atomic E-state index is 12.9. The van der Waals surface area contributed by atoms with Crippen LogP contribution < -0.4 is 16.0 Å². The van der Waals surface area contributed by atoms with Crippen molar-refractivity contribution < 1.29 is 9.59 Å². The molecule has 128 valence electrons. The third kappa shape index (κ3) is 3.71. The number of aryl methyl sites for hydroxylation is 2. The average Bonchev–Trinajstić information content (AvgIpc) is 2.57. The zero-order chi connectivity index (χ0) is 18.0. The van der Waals surface area contributed by atoms with E-state index in [0.717, 1.165) is 16.7 Å². The van der Waals surface area contributed by atoms with Gasteiger partial charge in [-0.15, -0.1) is 0 Å². The monoisotopic (exact) mass is 335 g/mol. The Morgan fingerprint density at radius 2 is 1.56 bits per heavy atom. The fraction of sp³-hybridized carbons (Fsp3) is 0.200. The lowest BCUT2D eigenvalue weighted by Crippen LogP contribution is -2.51. The summed E-state index contributed by atoms with van der Waals surface area (Å²) < 4.78 is 0. The Balaban J connectivity index is 1.87. The fourth-order valence-corrected chi connectivity index (χ4v) is 2.90. The van der Waals surface area contributed by atoms with Crippen LogP contribution in [0.4, 0.5) is 10.5 Å². The van der Waals surface area contributed by atoms with E-state index in [9.17, 15) is 9.59 Å². The molecule has 0 bridgehead atoms. The molecule has 0 saturated carbocycles. The smallest absolute Gasteiger partial charge is 0.319 e. The number of benzene rings is 2. The Morgan fingerprint density at radius 1 is 1.00 bits per heavy atom. The van der Waals surface area contributed by atoms with Gasteiger partial charge in [-0.25, -0.2) is 4.79 Å². The molecule has 2 aromatic rings. The molecule has 1 aliphatic rings. The SMILES string of the molecule is C=C1NC(=O)NC(c2ccc(C)cc2)C1C(=O)Nc1ccc(C)cc1. The van der Waals surface area contributed by atoms with Crippen LogP contribution in [0.1, 0.15) is 22.7 Å². The molecule has 2 atom stereocenters. The van der Waals surface area contributed by atoms with Gasteiger partial charge in [0, 0.05) is 11.4 Å². The summed E-state index contributed by atoms with van der Waals surface area (Å²) in [5.74, 6) is -0.825. The van der Waals surface area contributed by atoms with Crippen LogP contribution in [0.2, 0.25) is 0 Å². The van der Waals surface area contributed by atoms with Gasteiger partial charge in [0.15, 0.2) is 0 Å². The minimum absolute atomic E-state index is 0.216. The van der Waals surface area contributed by atoms with E-state index in [1.807, 2.05) is 62.4 Å². The highest BCUT2D eigenvalue weighted by atomic mass is 16.2. The van der Waals surface area contributed by atoms with Gasteiger partial charge in [-0.05, 0) is 31.5 Å². The Hall–Kier alpha value is -3.08. The van der Waals surface area contributed by atoms with E-state index >= 15 is 0 Å². The van der Waals surface area contributed by atoms with Crippen LogP contribution in [0.5, 0.6) is 0 Å². The molecule has 5 heteroatoms. The maximum absolute atomic E-state index is 12.9. The van der Waals surface area contributed by atoms with Gasteiger partial charge in [0.2, 0.25) is 5.91 Å². The highest BCUT2D eigenvalue weighted by molar-refractivity contribution is 5.97. The Bertz CT molecular complexity index is 810. The summed E-state index contributed by atoms with van der Waals surface area (Å²) >= 11 is 0. The first-order valence-corrected chi connectivity index (χ1v) is 8.14. The molecule has 2 unspecified atom stereocenters. The number of rotatable bonds is 3. The van der Waals surface area contributed by atoms with E-state index in [0.29, 0.717) is 11.4 Å². The number of anilines is 1. The normalized spacial score (nSPS) is 19.8. The van der Waals surface area contributed by atoms with Crippen LogP contribution in [-0.2, 0) is 4.79 Å². The minimum atomic E-state index is -0.610. The number of carbonyl (C=O) groups excluding carboxylic acids is 2. The lowest BCUT2D eigenvalue weighted by Gasteiger charge is -2.34. The van der Waals surface area contributed by atoms with Crippen molar-refractivity contribution in [2.45, 2.75) is 19.9 Å². The molecule has 1 heterocycles. The maximum Gasteiger partial charge on any atom is 0.319 e. The van der Waals surface area contributed by atoms with Crippen molar-refractivity contribution >= 4 is 17.6 Å². The summed E-state index contributed by atoms with van der Waals surface area (Å²) in [6, 6.07) is 14.5. The van der Waals surface area contributed by atoms with Gasteiger partial charge >= 0.3 is 6.03 Å². The molecule has 1 aliphatic heterocycles. The highest BCUT2D eigenvalue weighted by Gasteiger charge is 2.37. The second kappa shape index (κ2) is 6.81. The number of nitrogens with one attached hydrogen (secondary N) is 3. The molecule has 0 radical (unpaired) electrons. The van der Waals surface area contributed by atoms with E-state index in [4.69, 9.17) is 0 Å². The van der Waals surface area contributed by atoms with Crippen LogP contribution in [0.15, 0.2) is 60.8 Å². The third-order valence-electron chi connectivity index (χ3n) is 4.31. The molecule has 5 nitrogen and oxygen atoms in total. The second-order valence-electron chi connectivity index (χ2n) is 6.35. The Labute approximate surface area is 147 Å². The van der Waals surface area contributed by atoms with E-state index in [1.165, 1.54) is 0 Å². The molecule has 0 aromatic heterocycles. The highest BCUT2D eigenvalue weighted by Crippen LogP contribution is 2.30. The molecular weight excluding hydrogens is 314 g/mol. The number of carbonyl (C=O) groups is 2. The molecule has 0 spiro atoms. The summed E-state index contributed by atoms with van der Waals surface area (Å²) in [4.78, 5) is 24.7. The first kappa shape index (κ1) is 16.8. The van der Waals surface area contributed by atoms with Gasteiger partial charge in [-0.2, -0.15) is 0 Å². The van der Waals surface area contributed by atoms with Crippen molar-refractivity contribution in [1.82, 2.24) is 10.6 Å². The summed E-state index contributed by atoms with van der Waals surface area (Å²) in [7, 11) is 0. The van der Waals surface area contributed by atoms with Gasteiger partial charge < -0.3 is 16.0 Å². The summed E-state index contributed by atoms with van der Waals surface area (Å²) in [5, 5.41) is 8.35. The van der Waals surface area contributed by atoms with Gasteiger partial charge in [-0.3, -0.25) is 4.79 Å². The van der Waals surface area contributed by atoms with Crippen molar-refractivity contribution in [3.63, 3.8) is 0 Å². The molecule has 2 aromatic carbocycles. The zero-order valence-corrected chi connectivity index (χ0v) is 14.3. The lowest BCUT2D eigenvalue weighted by molar-refractivity contribution is -0.119. The topological polar surface area (TPSA) is 70.2 Å². The standard InChI is InChI=1S/C20H21N3O2/c1-12-4-8-15(9-5-12)18-17(14(3)21-20(25)23-18)19(24)22-16-10-6-13(2)7-11-16/h4-11,17-18H,3H2,1-2H3,(H,22,24)(H2,21,23,25). The molecule has 1 saturated heterocycles. The third-order valence-corrected chi connectivity index (χ3v) is 4.31. The number of hydrogen-bond donors (Lipinski definition) is 3. The Morgan fingerprint density at radius 3 is 2.16 bits per heavy atom. The minimum Gasteiger partial charge on any atom is -0.330 e. The number of amides is 3. The van der Waals surface area contributed by atoms with E-state index in [-0.39, 0.29) is 11.9 Å². The van der Waals surface area contributed by atoms with Crippen LogP contribution in [0.3, 0.4) is 0 Å². The molecule has 3 N–H and O–H groups in total. The van der Waals surface area contributed by atoms with E-state index in [1.54, 1.807) is 0 Å².